The lowest BCUT2D eigenvalue weighted by Gasteiger charge is -2.24. The van der Waals surface area contributed by atoms with Crippen molar-refractivity contribution in [2.75, 3.05) is 11.5 Å². The Morgan fingerprint density at radius 2 is 1.76 bits per heavy atom. The van der Waals surface area contributed by atoms with Crippen LogP contribution in [0.2, 0.25) is 0 Å². The molecule has 0 amide bonds. The van der Waals surface area contributed by atoms with E-state index in [2.05, 4.69) is 0 Å². The monoisotopic (exact) mass is 261 g/mol. The van der Waals surface area contributed by atoms with Gasteiger partial charge in [-0.15, -0.1) is 0 Å². The first-order valence-electron chi connectivity index (χ1n) is 6.65. The van der Waals surface area contributed by atoms with Crippen LogP contribution in [0.1, 0.15) is 47.0 Å². The van der Waals surface area contributed by atoms with E-state index in [0.29, 0.717) is 5.92 Å². The number of hydrogen-bond donors (Lipinski definition) is 1. The summed E-state index contributed by atoms with van der Waals surface area (Å²) < 4.78 is 11.1. The van der Waals surface area contributed by atoms with Crippen molar-refractivity contribution in [2.45, 2.75) is 53.0 Å². The number of hydrogen-bond acceptors (Lipinski definition) is 3. The molecular weight excluding hydrogens is 234 g/mol. The summed E-state index contributed by atoms with van der Waals surface area (Å²) in [5.74, 6) is 2.25. The molecule has 1 fully saturated rings. The summed E-state index contributed by atoms with van der Waals surface area (Å²) in [5.41, 5.74) is 5.86. The summed E-state index contributed by atoms with van der Waals surface area (Å²) in [7, 11) is -0.621. The summed E-state index contributed by atoms with van der Waals surface area (Å²) in [6.45, 7) is 7.77. The average Bonchev–Trinajstić information content (AvgIpc) is 2.33. The minimum atomic E-state index is -0.621. The van der Waals surface area contributed by atoms with Crippen molar-refractivity contribution in [3.63, 3.8) is 0 Å². The fraction of sp³-hybridized carbons (Fsp3) is 0.923. The van der Waals surface area contributed by atoms with Gasteiger partial charge in [0.15, 0.2) is 5.78 Å². The van der Waals surface area contributed by atoms with Gasteiger partial charge in [0.1, 0.15) is 0 Å². The van der Waals surface area contributed by atoms with Gasteiger partial charge >= 0.3 is 0 Å². The largest absolute Gasteiger partial charge is 0.321 e. The molecule has 0 saturated carbocycles. The maximum absolute atomic E-state index is 11.6. The third-order valence-corrected chi connectivity index (χ3v) is 4.41. The van der Waals surface area contributed by atoms with Crippen LogP contribution in [0.15, 0.2) is 0 Å². The van der Waals surface area contributed by atoms with Gasteiger partial charge in [0.25, 0.3) is 0 Å². The van der Waals surface area contributed by atoms with Gasteiger partial charge in [0.05, 0.1) is 6.04 Å². The summed E-state index contributed by atoms with van der Waals surface area (Å²) in [5, 5.41) is 0. The molecule has 1 rings (SSSR count). The summed E-state index contributed by atoms with van der Waals surface area (Å²) in [4.78, 5) is 11.6. The zero-order valence-electron chi connectivity index (χ0n) is 11.6. The molecule has 2 N–H and O–H groups in total. The molecule has 102 valence electrons. The van der Waals surface area contributed by atoms with Gasteiger partial charge in [-0.2, -0.15) is 0 Å². The summed E-state index contributed by atoms with van der Waals surface area (Å²) in [6.07, 6.45) is 2.70. The van der Waals surface area contributed by atoms with E-state index >= 15 is 0 Å². The Bertz CT molecular complexity index is 244. The fourth-order valence-corrected chi connectivity index (χ4v) is 3.38. The van der Waals surface area contributed by atoms with Crippen LogP contribution in [0, 0.1) is 11.8 Å². The number of carbonyl (C=O) groups is 1. The van der Waals surface area contributed by atoms with Gasteiger partial charge in [-0.3, -0.25) is 9.00 Å². The molecular formula is C13H27NO2S. The van der Waals surface area contributed by atoms with E-state index in [1.807, 2.05) is 27.7 Å². The minimum Gasteiger partial charge on any atom is -0.321 e. The molecule has 1 saturated heterocycles. The molecule has 0 aliphatic carbocycles. The van der Waals surface area contributed by atoms with Crippen LogP contribution < -0.4 is 5.73 Å². The molecule has 3 nitrogen and oxygen atoms in total. The molecule has 0 aromatic rings. The van der Waals surface area contributed by atoms with Crippen LogP contribution in [0.4, 0.5) is 0 Å². The lowest BCUT2D eigenvalue weighted by molar-refractivity contribution is -0.123. The van der Waals surface area contributed by atoms with Crippen molar-refractivity contribution in [3.05, 3.63) is 0 Å². The van der Waals surface area contributed by atoms with E-state index < -0.39 is 10.8 Å². The van der Waals surface area contributed by atoms with Crippen molar-refractivity contribution < 1.29 is 9.00 Å². The Kier molecular flexibility index (Phi) is 8.70. The van der Waals surface area contributed by atoms with Crippen molar-refractivity contribution >= 4 is 16.6 Å². The summed E-state index contributed by atoms with van der Waals surface area (Å²) in [6, 6.07) is -0.318. The van der Waals surface area contributed by atoms with E-state index in [1.165, 1.54) is 0 Å². The number of carbonyl (C=O) groups excluding carboxylic acids is 1. The minimum absolute atomic E-state index is 0.0257. The van der Waals surface area contributed by atoms with Crippen LogP contribution >= 0.6 is 0 Å². The molecule has 1 aliphatic heterocycles. The van der Waals surface area contributed by atoms with E-state index in [4.69, 9.17) is 5.73 Å². The number of Topliss-reactive ketones (excluding diaryl/α,β-unsaturated/α-hetero) is 1. The second kappa shape index (κ2) is 8.81. The number of ketones is 1. The highest BCUT2D eigenvalue weighted by atomic mass is 32.2. The van der Waals surface area contributed by atoms with Crippen LogP contribution in [-0.2, 0) is 15.6 Å². The quantitative estimate of drug-likeness (QED) is 0.843. The predicted molar refractivity (Wildman–Crippen MR) is 74.4 cm³/mol. The Labute approximate surface area is 108 Å². The second-order valence-electron chi connectivity index (χ2n) is 4.69. The van der Waals surface area contributed by atoms with Gasteiger partial charge in [0, 0.05) is 28.2 Å². The van der Waals surface area contributed by atoms with Gasteiger partial charge < -0.3 is 5.73 Å². The standard InChI is InChI=1S/C11H21NO2S.C2H6/c1-8(2)11(13)10(12)7-9-3-5-15(14)6-4-9;1-2/h8-10H,3-7,12H2,1-2H3;1-2H3. The highest BCUT2D eigenvalue weighted by molar-refractivity contribution is 7.85. The van der Waals surface area contributed by atoms with Crippen LogP contribution in [0.3, 0.4) is 0 Å². The molecule has 4 heteroatoms. The molecule has 0 radical (unpaired) electrons. The first-order valence-corrected chi connectivity index (χ1v) is 8.13. The van der Waals surface area contributed by atoms with Gasteiger partial charge in [-0.05, 0) is 25.2 Å². The zero-order chi connectivity index (χ0) is 13.4. The van der Waals surface area contributed by atoms with Gasteiger partial charge in [-0.1, -0.05) is 27.7 Å². The average molecular weight is 261 g/mol. The Morgan fingerprint density at radius 1 is 1.29 bits per heavy atom. The first kappa shape index (κ1) is 16.8. The van der Waals surface area contributed by atoms with Crippen LogP contribution in [-0.4, -0.2) is 27.5 Å². The van der Waals surface area contributed by atoms with E-state index in [1.54, 1.807) is 0 Å². The van der Waals surface area contributed by atoms with Crippen molar-refractivity contribution in [2.24, 2.45) is 17.6 Å². The topological polar surface area (TPSA) is 60.2 Å². The molecule has 1 heterocycles. The zero-order valence-corrected chi connectivity index (χ0v) is 12.4. The lowest BCUT2D eigenvalue weighted by atomic mass is 9.90. The molecule has 0 aromatic carbocycles. The van der Waals surface area contributed by atoms with Crippen LogP contribution in [0.25, 0.3) is 0 Å². The van der Waals surface area contributed by atoms with Gasteiger partial charge in [-0.25, -0.2) is 0 Å². The van der Waals surface area contributed by atoms with E-state index in [0.717, 1.165) is 30.8 Å². The highest BCUT2D eigenvalue weighted by Crippen LogP contribution is 2.22. The first-order chi connectivity index (χ1) is 8.00. The van der Waals surface area contributed by atoms with Crippen molar-refractivity contribution in [1.29, 1.82) is 0 Å². The number of rotatable bonds is 4. The predicted octanol–water partition coefficient (Wildman–Crippen LogP) is 2.11. The van der Waals surface area contributed by atoms with Gasteiger partial charge in [0.2, 0.25) is 0 Å². The van der Waals surface area contributed by atoms with Crippen molar-refractivity contribution in [3.8, 4) is 0 Å². The maximum atomic E-state index is 11.6. The third-order valence-electron chi connectivity index (χ3n) is 3.03. The SMILES string of the molecule is CC.CC(C)C(=O)C(N)CC1CCS(=O)CC1. The molecule has 17 heavy (non-hydrogen) atoms. The highest BCUT2D eigenvalue weighted by Gasteiger charge is 2.24. The van der Waals surface area contributed by atoms with E-state index in [-0.39, 0.29) is 17.7 Å². The lowest BCUT2D eigenvalue weighted by Crippen LogP contribution is -2.36. The maximum Gasteiger partial charge on any atom is 0.152 e. The molecule has 0 aromatic heterocycles. The third kappa shape index (κ3) is 6.32. The Morgan fingerprint density at radius 3 is 2.18 bits per heavy atom. The smallest absolute Gasteiger partial charge is 0.152 e. The Hall–Kier alpha value is -0.220. The number of nitrogens with two attached hydrogens (primary N) is 1. The normalized spacial score (nSPS) is 26.0. The second-order valence-corrected chi connectivity index (χ2v) is 6.39. The molecule has 0 spiro atoms. The molecule has 0 bridgehead atoms. The molecule has 1 aliphatic rings. The molecule has 1 unspecified atom stereocenters. The molecule has 1 atom stereocenters. The Balaban J connectivity index is 0.00000121. The summed E-state index contributed by atoms with van der Waals surface area (Å²) >= 11 is 0. The van der Waals surface area contributed by atoms with Crippen molar-refractivity contribution in [1.82, 2.24) is 0 Å². The fourth-order valence-electron chi connectivity index (χ4n) is 1.98. The van der Waals surface area contributed by atoms with Crippen LogP contribution in [0.5, 0.6) is 0 Å². The van der Waals surface area contributed by atoms with E-state index in [9.17, 15) is 9.00 Å².